The Bertz CT molecular complexity index is 635. The minimum atomic E-state index is -0.444. The Morgan fingerprint density at radius 2 is 1.96 bits per heavy atom. The maximum Gasteiger partial charge on any atom is 0.445 e. The summed E-state index contributed by atoms with van der Waals surface area (Å²) >= 11 is 1.74. The highest BCUT2D eigenvalue weighted by molar-refractivity contribution is 8.03. The van der Waals surface area contributed by atoms with Crippen molar-refractivity contribution in [3.63, 3.8) is 0 Å². The van der Waals surface area contributed by atoms with E-state index in [9.17, 15) is 9.59 Å². The fourth-order valence-electron chi connectivity index (χ4n) is 3.16. The SMILES string of the molecule is CCCC1=C(SCCN(CC)CC)C2C(=O)N(C)C(=O)[N+](C)=C2N=C1. The van der Waals surface area contributed by atoms with Gasteiger partial charge in [0.2, 0.25) is 0 Å². The van der Waals surface area contributed by atoms with Gasteiger partial charge in [0.25, 0.3) is 5.84 Å². The molecule has 0 aliphatic carbocycles. The summed E-state index contributed by atoms with van der Waals surface area (Å²) in [5.74, 6) is 0.865. The van der Waals surface area contributed by atoms with Gasteiger partial charge in [0.05, 0.1) is 14.1 Å². The maximum atomic E-state index is 12.8. The second kappa shape index (κ2) is 8.76. The van der Waals surface area contributed by atoms with E-state index in [0.717, 1.165) is 48.7 Å². The molecule has 7 heteroatoms. The molecule has 2 aliphatic rings. The number of urea groups is 1. The topological polar surface area (TPSA) is 56.0 Å². The van der Waals surface area contributed by atoms with E-state index in [2.05, 4.69) is 30.7 Å². The molecule has 2 heterocycles. The van der Waals surface area contributed by atoms with Crippen LogP contribution in [0, 0.1) is 5.92 Å². The summed E-state index contributed by atoms with van der Waals surface area (Å²) in [4.78, 5) is 34.1. The number of amidine groups is 1. The van der Waals surface area contributed by atoms with Crippen LogP contribution in [0.5, 0.6) is 0 Å². The summed E-state index contributed by atoms with van der Waals surface area (Å²) in [6.07, 6.45) is 3.75. The molecule has 0 bridgehead atoms. The molecular formula is C18H29N4O2S+. The number of thioether (sulfide) groups is 1. The van der Waals surface area contributed by atoms with E-state index in [1.54, 1.807) is 25.9 Å². The van der Waals surface area contributed by atoms with Gasteiger partial charge in [0.15, 0.2) is 5.92 Å². The zero-order valence-electron chi connectivity index (χ0n) is 15.9. The molecule has 0 fully saturated rings. The number of allylic oxidation sites excluding steroid dienone is 1. The Labute approximate surface area is 154 Å². The van der Waals surface area contributed by atoms with Crippen LogP contribution in [0.2, 0.25) is 0 Å². The molecule has 0 aromatic heterocycles. The number of nitrogens with zero attached hydrogens (tertiary/aromatic N) is 4. The van der Waals surface area contributed by atoms with Crippen molar-refractivity contribution in [2.24, 2.45) is 10.9 Å². The van der Waals surface area contributed by atoms with Crippen molar-refractivity contribution in [2.45, 2.75) is 33.6 Å². The average molecular weight is 366 g/mol. The number of hydrogen-bond acceptors (Lipinski definition) is 5. The van der Waals surface area contributed by atoms with Gasteiger partial charge in [-0.1, -0.05) is 27.2 Å². The molecule has 6 nitrogen and oxygen atoms in total. The van der Waals surface area contributed by atoms with Crippen LogP contribution in [-0.4, -0.2) is 77.8 Å². The van der Waals surface area contributed by atoms with Crippen molar-refractivity contribution in [3.8, 4) is 0 Å². The van der Waals surface area contributed by atoms with Gasteiger partial charge in [-0.15, -0.1) is 16.8 Å². The van der Waals surface area contributed by atoms with Crippen molar-refractivity contribution in [1.82, 2.24) is 9.80 Å². The molecule has 0 saturated carbocycles. The van der Waals surface area contributed by atoms with Gasteiger partial charge in [-0.25, -0.2) is 4.79 Å². The first kappa shape index (κ1) is 19.8. The van der Waals surface area contributed by atoms with Gasteiger partial charge in [0.1, 0.15) is 6.21 Å². The van der Waals surface area contributed by atoms with Crippen LogP contribution in [0.4, 0.5) is 4.79 Å². The normalized spacial score (nSPS) is 20.9. The Morgan fingerprint density at radius 3 is 2.56 bits per heavy atom. The van der Waals surface area contributed by atoms with Crippen molar-refractivity contribution in [1.29, 1.82) is 0 Å². The second-order valence-corrected chi connectivity index (χ2v) is 7.44. The van der Waals surface area contributed by atoms with Crippen LogP contribution in [-0.2, 0) is 4.79 Å². The molecule has 25 heavy (non-hydrogen) atoms. The molecule has 0 spiro atoms. The van der Waals surface area contributed by atoms with Crippen LogP contribution in [0.1, 0.15) is 33.6 Å². The zero-order chi connectivity index (χ0) is 18.6. The number of amides is 3. The lowest BCUT2D eigenvalue weighted by Gasteiger charge is -2.28. The van der Waals surface area contributed by atoms with Crippen molar-refractivity contribution < 1.29 is 14.2 Å². The lowest BCUT2D eigenvalue weighted by Crippen LogP contribution is -2.52. The highest BCUT2D eigenvalue weighted by Crippen LogP contribution is 2.36. The van der Waals surface area contributed by atoms with Gasteiger partial charge in [-0.05, 0) is 25.1 Å². The number of fused-ring (bicyclic) bond motifs is 1. The third-order valence-corrected chi connectivity index (χ3v) is 5.96. The van der Waals surface area contributed by atoms with E-state index in [-0.39, 0.29) is 11.9 Å². The lowest BCUT2D eigenvalue weighted by molar-refractivity contribution is -0.407. The first-order chi connectivity index (χ1) is 12.0. The van der Waals surface area contributed by atoms with E-state index < -0.39 is 5.92 Å². The number of rotatable bonds is 8. The van der Waals surface area contributed by atoms with E-state index >= 15 is 0 Å². The number of aliphatic imine (C=N–C) groups is 1. The molecule has 3 amide bonds. The van der Waals surface area contributed by atoms with Crippen molar-refractivity contribution in [2.75, 3.05) is 39.5 Å². The fourth-order valence-corrected chi connectivity index (χ4v) is 4.44. The van der Waals surface area contributed by atoms with E-state index in [0.29, 0.717) is 5.84 Å². The van der Waals surface area contributed by atoms with Crippen molar-refractivity contribution in [3.05, 3.63) is 10.5 Å². The number of carbonyl (C=O) groups excluding carboxylic acids is 2. The summed E-state index contributed by atoms with van der Waals surface area (Å²) in [6.45, 7) is 9.49. The Hall–Kier alpha value is -1.47. The average Bonchev–Trinajstić information content (AvgIpc) is 2.62. The number of imide groups is 1. The van der Waals surface area contributed by atoms with E-state index in [1.807, 2.05) is 6.21 Å². The highest BCUT2D eigenvalue weighted by Gasteiger charge is 2.48. The minimum Gasteiger partial charge on any atom is -0.303 e. The standard InChI is InChI=1S/C18H29N4O2S/c1-6-9-13-12-19-16-14(17(23)21(5)18(24)20(16)4)15(13)25-11-10-22(7-2)8-3/h12,14H,6-11H2,1-5H3/q+1. The third-order valence-electron chi connectivity index (χ3n) is 4.76. The Morgan fingerprint density at radius 1 is 1.28 bits per heavy atom. The molecule has 0 aromatic carbocycles. The molecule has 2 rings (SSSR count). The minimum absolute atomic E-state index is 0.172. The van der Waals surface area contributed by atoms with E-state index in [1.165, 1.54) is 9.48 Å². The molecule has 0 radical (unpaired) electrons. The number of dihydropyridines is 1. The monoisotopic (exact) mass is 365 g/mol. The lowest BCUT2D eigenvalue weighted by atomic mass is 9.96. The van der Waals surface area contributed by atoms with E-state index in [4.69, 9.17) is 0 Å². The molecule has 1 atom stereocenters. The molecular weight excluding hydrogens is 336 g/mol. The smallest absolute Gasteiger partial charge is 0.303 e. The van der Waals surface area contributed by atoms with Gasteiger partial charge in [-0.2, -0.15) is 9.48 Å². The summed E-state index contributed by atoms with van der Waals surface area (Å²) in [6, 6.07) is -0.320. The van der Waals surface area contributed by atoms with Gasteiger partial charge in [0, 0.05) is 17.2 Å². The highest BCUT2D eigenvalue weighted by atomic mass is 32.2. The van der Waals surface area contributed by atoms with Gasteiger partial charge >= 0.3 is 11.9 Å². The van der Waals surface area contributed by atoms with Crippen LogP contribution in [0.3, 0.4) is 0 Å². The van der Waals surface area contributed by atoms with Crippen molar-refractivity contribution >= 4 is 35.8 Å². The summed E-state index contributed by atoms with van der Waals surface area (Å²) < 4.78 is 1.50. The quantitative estimate of drug-likeness (QED) is 0.620. The fraction of sp³-hybridized carbons (Fsp3) is 0.667. The van der Waals surface area contributed by atoms with Gasteiger partial charge in [-0.3, -0.25) is 4.79 Å². The third kappa shape index (κ3) is 4.03. The zero-order valence-corrected chi connectivity index (χ0v) is 16.7. The second-order valence-electron chi connectivity index (χ2n) is 6.30. The molecule has 138 valence electrons. The molecule has 2 aliphatic heterocycles. The predicted molar refractivity (Wildman–Crippen MR) is 104 cm³/mol. The summed E-state index contributed by atoms with van der Waals surface area (Å²) in [5, 5.41) is 0. The van der Waals surface area contributed by atoms with Gasteiger partial charge < -0.3 is 4.90 Å². The predicted octanol–water partition coefficient (Wildman–Crippen LogP) is 2.45. The molecule has 1 unspecified atom stereocenters. The van der Waals surface area contributed by atoms with Crippen LogP contribution < -0.4 is 0 Å². The summed E-state index contributed by atoms with van der Waals surface area (Å²) in [7, 11) is 3.24. The van der Waals surface area contributed by atoms with Crippen LogP contribution >= 0.6 is 11.8 Å². The Kier molecular flexibility index (Phi) is 6.95. The number of carbonyl (C=O) groups is 2. The first-order valence-corrected chi connectivity index (χ1v) is 9.99. The number of hydrogen-bond donors (Lipinski definition) is 0. The summed E-state index contributed by atoms with van der Waals surface area (Å²) in [5.41, 5.74) is 1.13. The molecule has 0 N–H and O–H groups in total. The largest absolute Gasteiger partial charge is 0.445 e. The molecule has 0 saturated heterocycles. The maximum absolute atomic E-state index is 12.8. The Balaban J connectivity index is 2.32. The first-order valence-electron chi connectivity index (χ1n) is 9.00. The molecule has 0 aromatic rings. The van der Waals surface area contributed by atoms with Crippen LogP contribution in [0.25, 0.3) is 0 Å². The van der Waals surface area contributed by atoms with Crippen LogP contribution in [0.15, 0.2) is 15.5 Å².